The number of hydrogen-bond acceptors (Lipinski definition) is 7. The number of benzene rings is 2. The maximum absolute atomic E-state index is 12.8. The predicted molar refractivity (Wildman–Crippen MR) is 130 cm³/mol. The molecular weight excluding hydrogens is 462 g/mol. The number of amides is 2. The van der Waals surface area contributed by atoms with Gasteiger partial charge in [0, 0.05) is 17.5 Å². The molecule has 8 nitrogen and oxygen atoms in total. The van der Waals surface area contributed by atoms with Crippen molar-refractivity contribution in [3.05, 3.63) is 54.1 Å². The van der Waals surface area contributed by atoms with Crippen molar-refractivity contribution in [2.24, 2.45) is 11.8 Å². The standard InChI is InChI=1S/C28H27NO7/c1-2-34-28(33)24-21-16-18(12-13-22(21)36-25(24)17-8-4-3-5-9-17)35-23(30)14-15-29-26(31)19-10-6-7-11-20(19)27(29)32/h3-5,8-9,12-13,16,19-20H,2,6-7,10-11,14-15H2,1H3/t19-,20+. The van der Waals surface area contributed by atoms with E-state index in [1.165, 1.54) is 4.90 Å². The van der Waals surface area contributed by atoms with E-state index in [1.807, 2.05) is 30.3 Å². The first kappa shape index (κ1) is 23.8. The van der Waals surface area contributed by atoms with Crippen LogP contribution in [0.15, 0.2) is 52.9 Å². The van der Waals surface area contributed by atoms with Crippen LogP contribution >= 0.6 is 0 Å². The van der Waals surface area contributed by atoms with Gasteiger partial charge in [0.2, 0.25) is 11.8 Å². The van der Waals surface area contributed by atoms with E-state index in [1.54, 1.807) is 25.1 Å². The average molecular weight is 490 g/mol. The average Bonchev–Trinajstić information content (AvgIpc) is 3.39. The van der Waals surface area contributed by atoms with Gasteiger partial charge >= 0.3 is 11.9 Å². The van der Waals surface area contributed by atoms with Crippen LogP contribution in [0.5, 0.6) is 5.75 Å². The molecule has 0 N–H and O–H groups in total. The first-order chi connectivity index (χ1) is 17.5. The number of esters is 2. The summed E-state index contributed by atoms with van der Waals surface area (Å²) in [4.78, 5) is 51.9. The van der Waals surface area contributed by atoms with Crippen molar-refractivity contribution in [1.29, 1.82) is 0 Å². The minimum Gasteiger partial charge on any atom is -0.462 e. The van der Waals surface area contributed by atoms with Crippen molar-refractivity contribution < 1.29 is 33.1 Å². The minimum atomic E-state index is -0.575. The molecule has 1 aromatic heterocycles. The number of nitrogens with zero attached hydrogens (tertiary/aromatic N) is 1. The quantitative estimate of drug-likeness (QED) is 0.268. The summed E-state index contributed by atoms with van der Waals surface area (Å²) < 4.78 is 16.7. The number of furan rings is 1. The number of imide groups is 1. The molecule has 0 bridgehead atoms. The number of carbonyl (C=O) groups excluding carboxylic acids is 4. The summed E-state index contributed by atoms with van der Waals surface area (Å²) in [6, 6.07) is 14.0. The number of fused-ring (bicyclic) bond motifs is 2. The molecule has 2 aliphatic rings. The van der Waals surface area contributed by atoms with Crippen molar-refractivity contribution in [2.75, 3.05) is 13.2 Å². The van der Waals surface area contributed by atoms with Crippen molar-refractivity contribution in [3.8, 4) is 17.1 Å². The lowest BCUT2D eigenvalue weighted by molar-refractivity contribution is -0.141. The van der Waals surface area contributed by atoms with Gasteiger partial charge in [-0.2, -0.15) is 0 Å². The van der Waals surface area contributed by atoms with E-state index < -0.39 is 11.9 Å². The van der Waals surface area contributed by atoms with Gasteiger partial charge < -0.3 is 13.9 Å². The summed E-state index contributed by atoms with van der Waals surface area (Å²) in [6.07, 6.45) is 3.25. The molecule has 0 spiro atoms. The van der Waals surface area contributed by atoms with E-state index in [0.717, 1.165) is 31.2 Å². The van der Waals surface area contributed by atoms with Crippen molar-refractivity contribution in [1.82, 2.24) is 4.90 Å². The third-order valence-electron chi connectivity index (χ3n) is 6.88. The summed E-state index contributed by atoms with van der Waals surface area (Å²) in [7, 11) is 0. The van der Waals surface area contributed by atoms with Gasteiger partial charge in [-0.25, -0.2) is 4.79 Å². The first-order valence-corrected chi connectivity index (χ1v) is 12.3. The fourth-order valence-electron chi connectivity index (χ4n) is 5.18. The van der Waals surface area contributed by atoms with Gasteiger partial charge in [-0.1, -0.05) is 43.2 Å². The van der Waals surface area contributed by atoms with E-state index in [4.69, 9.17) is 13.9 Å². The predicted octanol–water partition coefficient (Wildman–Crippen LogP) is 4.75. The Morgan fingerprint density at radius 3 is 2.36 bits per heavy atom. The second-order valence-corrected chi connectivity index (χ2v) is 9.10. The van der Waals surface area contributed by atoms with Gasteiger partial charge in [0.05, 0.1) is 24.9 Å². The zero-order chi connectivity index (χ0) is 25.2. The maximum atomic E-state index is 12.8. The van der Waals surface area contributed by atoms with Gasteiger partial charge in [0.25, 0.3) is 0 Å². The molecule has 0 radical (unpaired) electrons. The monoisotopic (exact) mass is 489 g/mol. The highest BCUT2D eigenvalue weighted by Gasteiger charge is 2.47. The largest absolute Gasteiger partial charge is 0.462 e. The van der Waals surface area contributed by atoms with E-state index in [2.05, 4.69) is 0 Å². The van der Waals surface area contributed by atoms with Crippen LogP contribution < -0.4 is 4.74 Å². The van der Waals surface area contributed by atoms with Crippen LogP contribution in [-0.2, 0) is 19.1 Å². The fourth-order valence-corrected chi connectivity index (χ4v) is 5.18. The highest BCUT2D eigenvalue weighted by atomic mass is 16.5. The topological polar surface area (TPSA) is 103 Å². The van der Waals surface area contributed by atoms with Crippen LogP contribution in [0.25, 0.3) is 22.3 Å². The second-order valence-electron chi connectivity index (χ2n) is 9.10. The molecule has 5 rings (SSSR count). The maximum Gasteiger partial charge on any atom is 0.342 e. The normalized spacial score (nSPS) is 19.4. The fraction of sp³-hybridized carbons (Fsp3) is 0.357. The SMILES string of the molecule is CCOC(=O)c1c(-c2ccccc2)oc2ccc(OC(=O)CCN3C(=O)[C@H]4CCCC[C@H]4C3=O)cc12. The Morgan fingerprint density at radius 1 is 1.00 bits per heavy atom. The molecule has 3 aromatic rings. The van der Waals surface area contributed by atoms with Gasteiger partial charge in [-0.3, -0.25) is 19.3 Å². The molecular formula is C28H27NO7. The molecule has 186 valence electrons. The Labute approximate surface area is 208 Å². The number of ether oxygens (including phenoxy) is 2. The molecule has 1 saturated heterocycles. The molecule has 2 fully saturated rings. The van der Waals surface area contributed by atoms with E-state index >= 15 is 0 Å². The van der Waals surface area contributed by atoms with Crippen LogP contribution in [0.3, 0.4) is 0 Å². The van der Waals surface area contributed by atoms with Crippen molar-refractivity contribution in [2.45, 2.75) is 39.0 Å². The highest BCUT2D eigenvalue weighted by Crippen LogP contribution is 2.38. The third-order valence-corrected chi connectivity index (χ3v) is 6.88. The Hall–Kier alpha value is -3.94. The van der Waals surface area contributed by atoms with Gasteiger partial charge in [0.1, 0.15) is 22.7 Å². The molecule has 1 aliphatic carbocycles. The van der Waals surface area contributed by atoms with Crippen LogP contribution in [0.4, 0.5) is 0 Å². The van der Waals surface area contributed by atoms with E-state index in [0.29, 0.717) is 16.7 Å². The molecule has 8 heteroatoms. The lowest BCUT2D eigenvalue weighted by Gasteiger charge is -2.19. The lowest BCUT2D eigenvalue weighted by atomic mass is 9.81. The Bertz CT molecular complexity index is 1300. The third kappa shape index (κ3) is 4.39. The molecule has 2 heterocycles. The van der Waals surface area contributed by atoms with Crippen LogP contribution in [0.1, 0.15) is 49.4 Å². The van der Waals surface area contributed by atoms with Crippen LogP contribution in [0, 0.1) is 11.8 Å². The summed E-state index contributed by atoms with van der Waals surface area (Å²) in [5.74, 6) is -1.35. The molecule has 36 heavy (non-hydrogen) atoms. The molecule has 1 aliphatic heterocycles. The highest BCUT2D eigenvalue weighted by molar-refractivity contribution is 6.09. The number of likely N-dealkylation sites (tertiary alicyclic amines) is 1. The van der Waals surface area contributed by atoms with E-state index in [9.17, 15) is 19.2 Å². The number of carbonyl (C=O) groups is 4. The van der Waals surface area contributed by atoms with Crippen molar-refractivity contribution >= 4 is 34.7 Å². The minimum absolute atomic E-state index is 0.00366. The smallest absolute Gasteiger partial charge is 0.342 e. The van der Waals surface area contributed by atoms with Crippen LogP contribution in [0.2, 0.25) is 0 Å². The summed E-state index contributed by atoms with van der Waals surface area (Å²) in [5, 5.41) is 0.464. The number of rotatable bonds is 7. The Morgan fingerprint density at radius 2 is 1.69 bits per heavy atom. The molecule has 2 atom stereocenters. The van der Waals surface area contributed by atoms with Crippen molar-refractivity contribution in [3.63, 3.8) is 0 Å². The second kappa shape index (κ2) is 9.97. The lowest BCUT2D eigenvalue weighted by Crippen LogP contribution is -2.33. The van der Waals surface area contributed by atoms with Crippen LogP contribution in [-0.4, -0.2) is 41.8 Å². The summed E-state index contributed by atoms with van der Waals surface area (Å²) in [5.41, 5.74) is 1.43. The van der Waals surface area contributed by atoms with Gasteiger partial charge in [-0.15, -0.1) is 0 Å². The number of hydrogen-bond donors (Lipinski definition) is 0. The first-order valence-electron chi connectivity index (χ1n) is 12.3. The molecule has 1 saturated carbocycles. The van der Waals surface area contributed by atoms with E-state index in [-0.39, 0.29) is 54.5 Å². The zero-order valence-corrected chi connectivity index (χ0v) is 20.0. The zero-order valence-electron chi connectivity index (χ0n) is 20.0. The molecule has 0 unspecified atom stereocenters. The summed E-state index contributed by atoms with van der Waals surface area (Å²) in [6.45, 7) is 1.92. The summed E-state index contributed by atoms with van der Waals surface area (Å²) >= 11 is 0. The molecule has 2 amide bonds. The van der Waals surface area contributed by atoms with Gasteiger partial charge in [-0.05, 0) is 38.0 Å². The Balaban J connectivity index is 1.34. The molecule has 2 aromatic carbocycles. The van der Waals surface area contributed by atoms with Gasteiger partial charge in [0.15, 0.2) is 0 Å². The Kier molecular flexibility index (Phi) is 6.59.